The summed E-state index contributed by atoms with van der Waals surface area (Å²) >= 11 is 0. The number of aromatic nitrogens is 2. The number of nitrogens with one attached hydrogen (secondary N) is 1. The van der Waals surface area contributed by atoms with E-state index in [0.29, 0.717) is 23.2 Å². The van der Waals surface area contributed by atoms with Crippen molar-refractivity contribution in [2.75, 3.05) is 13.1 Å². The molecule has 1 atom stereocenters. The van der Waals surface area contributed by atoms with Crippen molar-refractivity contribution in [2.45, 2.75) is 46.3 Å². The summed E-state index contributed by atoms with van der Waals surface area (Å²) in [5.41, 5.74) is 8.13. The lowest BCUT2D eigenvalue weighted by atomic mass is 10.1. The van der Waals surface area contributed by atoms with E-state index in [4.69, 9.17) is 10.5 Å². The molecule has 1 amide bonds. The Balaban J connectivity index is 1.78. The molecule has 0 radical (unpaired) electrons. The van der Waals surface area contributed by atoms with E-state index in [2.05, 4.69) is 15.4 Å². The van der Waals surface area contributed by atoms with E-state index in [-0.39, 0.29) is 36.5 Å². The molecule has 0 saturated heterocycles. The summed E-state index contributed by atoms with van der Waals surface area (Å²) in [6, 6.07) is 6.90. The molecule has 1 aromatic carbocycles. The van der Waals surface area contributed by atoms with E-state index in [1.807, 2.05) is 19.9 Å². The van der Waals surface area contributed by atoms with Crippen molar-refractivity contribution in [1.82, 2.24) is 14.9 Å². The van der Waals surface area contributed by atoms with Gasteiger partial charge in [-0.05, 0) is 50.5 Å². The lowest BCUT2D eigenvalue weighted by Crippen LogP contribution is -2.37. The van der Waals surface area contributed by atoms with E-state index in [9.17, 15) is 13.6 Å². The van der Waals surface area contributed by atoms with Gasteiger partial charge in [0.05, 0.1) is 22.3 Å². The number of amides is 1. The lowest BCUT2D eigenvalue weighted by Gasteiger charge is -2.12. The van der Waals surface area contributed by atoms with Crippen LogP contribution in [0, 0.1) is 25.5 Å². The number of nitrogens with two attached hydrogens (primary N) is 1. The van der Waals surface area contributed by atoms with Crippen LogP contribution in [0.3, 0.4) is 0 Å². The first-order valence-corrected chi connectivity index (χ1v) is 10.9. The fourth-order valence-electron chi connectivity index (χ4n) is 3.39. The summed E-state index contributed by atoms with van der Waals surface area (Å²) in [6.45, 7) is 6.34. The standard InChI is InChI=1S/C24H29F2N5O2/c1-4-9-28-10-8-17(27)13-29-24(32)23-16(3)30-31-21(23)11-15(2)12-22(31)33-14-18-19(25)6-5-7-20(18)26/h5-7,10-12,17H,4,8-9,13-14,27H2,1-3H3,(H,29,32)/b28-10+. The average Bonchev–Trinajstić information content (AvgIpc) is 3.10. The molecule has 176 valence electrons. The molecule has 1 unspecified atom stereocenters. The average molecular weight is 458 g/mol. The fraction of sp³-hybridized carbons (Fsp3) is 0.375. The second-order valence-electron chi connectivity index (χ2n) is 7.91. The maximum absolute atomic E-state index is 14.0. The topological polar surface area (TPSA) is 94.0 Å². The van der Waals surface area contributed by atoms with Gasteiger partial charge in [-0.15, -0.1) is 0 Å². The van der Waals surface area contributed by atoms with Gasteiger partial charge in [-0.3, -0.25) is 9.79 Å². The molecule has 0 bridgehead atoms. The number of benzene rings is 1. The van der Waals surface area contributed by atoms with Crippen LogP contribution in [-0.4, -0.2) is 40.9 Å². The van der Waals surface area contributed by atoms with Gasteiger partial charge in [0.25, 0.3) is 5.91 Å². The van der Waals surface area contributed by atoms with E-state index >= 15 is 0 Å². The van der Waals surface area contributed by atoms with Crippen LogP contribution in [-0.2, 0) is 6.61 Å². The molecule has 9 heteroatoms. The van der Waals surface area contributed by atoms with E-state index in [1.165, 1.54) is 22.7 Å². The first-order chi connectivity index (χ1) is 15.8. The Labute approximate surface area is 191 Å². The van der Waals surface area contributed by atoms with Crippen molar-refractivity contribution >= 4 is 17.6 Å². The molecular weight excluding hydrogens is 428 g/mol. The summed E-state index contributed by atoms with van der Waals surface area (Å²) in [5, 5.41) is 7.27. The number of nitrogens with zero attached hydrogens (tertiary/aromatic N) is 3. The first kappa shape index (κ1) is 24.3. The SMILES string of the molecule is CCC/N=C/CC(N)CNC(=O)c1c(C)nn2c(OCc3c(F)cccc3F)cc(C)cc12. The third kappa shape index (κ3) is 5.92. The minimum absolute atomic E-state index is 0.175. The van der Waals surface area contributed by atoms with Crippen molar-refractivity contribution in [3.05, 3.63) is 64.4 Å². The molecule has 2 heterocycles. The summed E-state index contributed by atoms with van der Waals surface area (Å²) in [5.74, 6) is -1.41. The highest BCUT2D eigenvalue weighted by Gasteiger charge is 2.20. The maximum Gasteiger partial charge on any atom is 0.255 e. The normalized spacial score (nSPS) is 12.4. The van der Waals surface area contributed by atoms with E-state index in [1.54, 1.807) is 19.2 Å². The van der Waals surface area contributed by atoms with E-state index in [0.717, 1.165) is 18.5 Å². The number of aryl methyl sites for hydroxylation is 2. The quantitative estimate of drug-likeness (QED) is 0.454. The zero-order valence-corrected chi connectivity index (χ0v) is 19.1. The Bertz CT molecular complexity index is 1140. The van der Waals surface area contributed by atoms with Crippen LogP contribution in [0.2, 0.25) is 0 Å². The third-order valence-electron chi connectivity index (χ3n) is 5.09. The summed E-state index contributed by atoms with van der Waals surface area (Å²) in [4.78, 5) is 17.2. The highest BCUT2D eigenvalue weighted by molar-refractivity contribution is 6.02. The number of rotatable bonds is 10. The molecule has 33 heavy (non-hydrogen) atoms. The molecule has 0 saturated carbocycles. The van der Waals surface area contributed by atoms with Crippen molar-refractivity contribution in [3.63, 3.8) is 0 Å². The smallest absolute Gasteiger partial charge is 0.255 e. The van der Waals surface area contributed by atoms with Crippen molar-refractivity contribution in [1.29, 1.82) is 0 Å². The van der Waals surface area contributed by atoms with Crippen molar-refractivity contribution in [3.8, 4) is 5.88 Å². The number of fused-ring (bicyclic) bond motifs is 1. The van der Waals surface area contributed by atoms with Gasteiger partial charge in [-0.2, -0.15) is 9.61 Å². The number of carbonyl (C=O) groups excluding carboxylic acids is 1. The van der Waals surface area contributed by atoms with Gasteiger partial charge in [-0.25, -0.2) is 8.78 Å². The molecule has 7 nitrogen and oxygen atoms in total. The number of hydrogen-bond acceptors (Lipinski definition) is 5. The number of halogens is 2. The second-order valence-corrected chi connectivity index (χ2v) is 7.91. The largest absolute Gasteiger partial charge is 0.473 e. The van der Waals surface area contributed by atoms with Gasteiger partial charge in [0, 0.05) is 31.4 Å². The van der Waals surface area contributed by atoms with Crippen LogP contribution in [0.15, 0.2) is 35.3 Å². The predicted octanol–water partition coefficient (Wildman–Crippen LogP) is 3.74. The zero-order chi connectivity index (χ0) is 24.0. The Morgan fingerprint density at radius 3 is 2.73 bits per heavy atom. The lowest BCUT2D eigenvalue weighted by molar-refractivity contribution is 0.0952. The van der Waals surface area contributed by atoms with Crippen LogP contribution in [0.25, 0.3) is 5.52 Å². The molecule has 2 aromatic heterocycles. The molecule has 0 aliphatic carbocycles. The zero-order valence-electron chi connectivity index (χ0n) is 19.1. The van der Waals surface area contributed by atoms with Crippen LogP contribution < -0.4 is 15.8 Å². The molecule has 3 rings (SSSR count). The summed E-state index contributed by atoms with van der Waals surface area (Å²) in [7, 11) is 0. The number of pyridine rings is 1. The predicted molar refractivity (Wildman–Crippen MR) is 124 cm³/mol. The Morgan fingerprint density at radius 1 is 1.30 bits per heavy atom. The number of carbonyl (C=O) groups is 1. The first-order valence-electron chi connectivity index (χ1n) is 10.9. The van der Waals surface area contributed by atoms with Crippen LogP contribution in [0.5, 0.6) is 5.88 Å². The van der Waals surface area contributed by atoms with Gasteiger partial charge < -0.3 is 15.8 Å². The Hall–Kier alpha value is -3.33. The van der Waals surface area contributed by atoms with Gasteiger partial charge in [0.2, 0.25) is 5.88 Å². The monoisotopic (exact) mass is 457 g/mol. The van der Waals surface area contributed by atoms with Gasteiger partial charge >= 0.3 is 0 Å². The number of aliphatic imine (C=N–C) groups is 1. The minimum atomic E-state index is -0.688. The van der Waals surface area contributed by atoms with Crippen LogP contribution in [0.4, 0.5) is 8.78 Å². The molecule has 3 N–H and O–H groups in total. The van der Waals surface area contributed by atoms with Gasteiger partial charge in [0.1, 0.15) is 18.2 Å². The second kappa shape index (κ2) is 11.0. The van der Waals surface area contributed by atoms with Gasteiger partial charge in [0.15, 0.2) is 0 Å². The van der Waals surface area contributed by atoms with Crippen molar-refractivity contribution in [2.24, 2.45) is 10.7 Å². The fourth-order valence-corrected chi connectivity index (χ4v) is 3.39. The molecule has 0 aliphatic rings. The third-order valence-corrected chi connectivity index (χ3v) is 5.09. The Morgan fingerprint density at radius 2 is 2.03 bits per heavy atom. The van der Waals surface area contributed by atoms with E-state index < -0.39 is 11.6 Å². The maximum atomic E-state index is 14.0. The van der Waals surface area contributed by atoms with Crippen LogP contribution >= 0.6 is 0 Å². The number of ether oxygens (including phenoxy) is 1. The molecular formula is C24H29F2N5O2. The van der Waals surface area contributed by atoms with Gasteiger partial charge in [-0.1, -0.05) is 13.0 Å². The minimum Gasteiger partial charge on any atom is -0.473 e. The summed E-state index contributed by atoms with van der Waals surface area (Å²) < 4.78 is 35.1. The number of hydrogen-bond donors (Lipinski definition) is 2. The summed E-state index contributed by atoms with van der Waals surface area (Å²) in [6.07, 6.45) is 3.32. The molecule has 0 aliphatic heterocycles. The molecule has 3 aromatic rings. The van der Waals surface area contributed by atoms with Crippen molar-refractivity contribution < 1.29 is 18.3 Å². The highest BCUT2D eigenvalue weighted by atomic mass is 19.1. The van der Waals surface area contributed by atoms with Crippen LogP contribution in [0.1, 0.15) is 46.9 Å². The highest BCUT2D eigenvalue weighted by Crippen LogP contribution is 2.24. The molecule has 0 fully saturated rings. The molecule has 0 spiro atoms. The Kier molecular flexibility index (Phi) is 8.11.